The molecule has 0 saturated heterocycles. The summed E-state index contributed by atoms with van der Waals surface area (Å²) in [5.74, 6) is -0.566. The number of esters is 1. The van der Waals surface area contributed by atoms with Crippen LogP contribution in [-0.2, 0) is 22.1 Å². The Labute approximate surface area is 115 Å². The Kier molecular flexibility index (Phi) is 5.04. The smallest absolute Gasteiger partial charge is 0.416 e. The molecule has 0 heterocycles. The standard InChI is InChI=1S/C11H9BrClF3O2/c1-18-10(17)8(12)5-6-4-7(11(14,15)16)2-3-9(6)13/h2-4,8H,5H2,1H3. The molecule has 1 aromatic carbocycles. The molecule has 0 aromatic heterocycles. The Bertz CT molecular complexity index is 448. The van der Waals surface area contributed by atoms with Crippen molar-refractivity contribution in [2.24, 2.45) is 0 Å². The minimum absolute atomic E-state index is 0.0232. The van der Waals surface area contributed by atoms with E-state index in [9.17, 15) is 18.0 Å². The van der Waals surface area contributed by atoms with E-state index in [4.69, 9.17) is 11.6 Å². The number of carbonyl (C=O) groups is 1. The molecule has 7 heteroatoms. The van der Waals surface area contributed by atoms with E-state index >= 15 is 0 Å². The monoisotopic (exact) mass is 344 g/mol. The molecule has 1 atom stereocenters. The van der Waals surface area contributed by atoms with Crippen LogP contribution >= 0.6 is 27.5 Å². The molecule has 1 aromatic rings. The molecule has 18 heavy (non-hydrogen) atoms. The van der Waals surface area contributed by atoms with E-state index < -0.39 is 22.5 Å². The lowest BCUT2D eigenvalue weighted by molar-refractivity contribution is -0.139. The molecule has 2 nitrogen and oxygen atoms in total. The van der Waals surface area contributed by atoms with Gasteiger partial charge in [0, 0.05) is 5.02 Å². The summed E-state index contributed by atoms with van der Waals surface area (Å²) in [5, 5.41) is 0.177. The molecule has 0 radical (unpaired) electrons. The molecule has 0 amide bonds. The van der Waals surface area contributed by atoms with Gasteiger partial charge in [-0.05, 0) is 30.2 Å². The normalized spacial score (nSPS) is 13.2. The van der Waals surface area contributed by atoms with Crippen molar-refractivity contribution in [3.8, 4) is 0 Å². The van der Waals surface area contributed by atoms with E-state index in [1.165, 1.54) is 7.11 Å². The van der Waals surface area contributed by atoms with Gasteiger partial charge in [-0.3, -0.25) is 4.79 Å². The van der Waals surface area contributed by atoms with Gasteiger partial charge >= 0.3 is 12.1 Å². The molecule has 1 rings (SSSR count). The average molecular weight is 346 g/mol. The average Bonchev–Trinajstić information content (AvgIpc) is 2.29. The number of methoxy groups -OCH3 is 1. The second-order valence-electron chi connectivity index (χ2n) is 3.50. The zero-order valence-electron chi connectivity index (χ0n) is 9.22. The van der Waals surface area contributed by atoms with Gasteiger partial charge in [-0.25, -0.2) is 0 Å². The van der Waals surface area contributed by atoms with Crippen LogP contribution in [0.3, 0.4) is 0 Å². The van der Waals surface area contributed by atoms with Crippen LogP contribution < -0.4 is 0 Å². The van der Waals surface area contributed by atoms with Gasteiger partial charge < -0.3 is 4.74 Å². The van der Waals surface area contributed by atoms with E-state index in [0.717, 1.165) is 18.2 Å². The van der Waals surface area contributed by atoms with Gasteiger partial charge in [0.25, 0.3) is 0 Å². The molecule has 0 aliphatic carbocycles. The number of rotatable bonds is 3. The number of carbonyl (C=O) groups excluding carboxylic acids is 1. The summed E-state index contributed by atoms with van der Waals surface area (Å²) in [4.78, 5) is 10.4. The molecule has 0 aliphatic rings. The molecule has 0 fully saturated rings. The quantitative estimate of drug-likeness (QED) is 0.615. The molecule has 0 saturated carbocycles. The van der Waals surface area contributed by atoms with Crippen molar-refractivity contribution in [3.05, 3.63) is 34.3 Å². The predicted molar refractivity (Wildman–Crippen MR) is 64.9 cm³/mol. The fourth-order valence-electron chi connectivity index (χ4n) is 1.31. The summed E-state index contributed by atoms with van der Waals surface area (Å²) in [7, 11) is 1.20. The number of hydrogen-bond donors (Lipinski definition) is 0. The van der Waals surface area contributed by atoms with Gasteiger partial charge in [-0.15, -0.1) is 0 Å². The third kappa shape index (κ3) is 3.88. The van der Waals surface area contributed by atoms with E-state index in [1.54, 1.807) is 0 Å². The number of halogens is 5. The largest absolute Gasteiger partial charge is 0.468 e. The lowest BCUT2D eigenvalue weighted by atomic mass is 10.1. The summed E-state index contributed by atoms with van der Waals surface area (Å²) >= 11 is 8.83. The molecule has 0 aliphatic heterocycles. The van der Waals surface area contributed by atoms with Crippen LogP contribution in [-0.4, -0.2) is 17.9 Å². The Balaban J connectivity index is 2.98. The predicted octanol–water partition coefficient (Wildman–Crippen LogP) is 3.84. The summed E-state index contributed by atoms with van der Waals surface area (Å²) in [5.41, 5.74) is -0.565. The summed E-state index contributed by atoms with van der Waals surface area (Å²) < 4.78 is 42.0. The zero-order chi connectivity index (χ0) is 13.9. The van der Waals surface area contributed by atoms with Crippen LogP contribution in [0.4, 0.5) is 13.2 Å². The minimum atomic E-state index is -4.44. The Morgan fingerprint density at radius 1 is 1.50 bits per heavy atom. The van der Waals surface area contributed by atoms with Crippen molar-refractivity contribution in [1.82, 2.24) is 0 Å². The summed E-state index contributed by atoms with van der Waals surface area (Å²) in [6.45, 7) is 0. The highest BCUT2D eigenvalue weighted by Crippen LogP contribution is 2.32. The van der Waals surface area contributed by atoms with Gasteiger partial charge in [0.2, 0.25) is 0 Å². The van der Waals surface area contributed by atoms with E-state index in [2.05, 4.69) is 20.7 Å². The van der Waals surface area contributed by atoms with Crippen LogP contribution in [0.15, 0.2) is 18.2 Å². The first-order chi connectivity index (χ1) is 8.25. The van der Waals surface area contributed by atoms with Crippen LogP contribution in [0.1, 0.15) is 11.1 Å². The van der Waals surface area contributed by atoms with Crippen molar-refractivity contribution >= 4 is 33.5 Å². The molecule has 0 N–H and O–H groups in total. The molecule has 100 valence electrons. The highest BCUT2D eigenvalue weighted by Gasteiger charge is 2.31. The highest BCUT2D eigenvalue weighted by atomic mass is 79.9. The van der Waals surface area contributed by atoms with Crippen LogP contribution in [0, 0.1) is 0 Å². The third-order valence-corrected chi connectivity index (χ3v) is 3.30. The van der Waals surface area contributed by atoms with Gasteiger partial charge in [0.05, 0.1) is 12.7 Å². The molecular weight excluding hydrogens is 336 g/mol. The number of hydrogen-bond acceptors (Lipinski definition) is 2. The summed E-state index contributed by atoms with van der Waals surface area (Å²) in [6.07, 6.45) is -4.41. The first kappa shape index (κ1) is 15.3. The summed E-state index contributed by atoms with van der Waals surface area (Å²) in [6, 6.07) is 2.99. The number of benzene rings is 1. The minimum Gasteiger partial charge on any atom is -0.468 e. The maximum Gasteiger partial charge on any atom is 0.416 e. The van der Waals surface area contributed by atoms with Crippen molar-refractivity contribution in [1.29, 1.82) is 0 Å². The molecule has 0 bridgehead atoms. The van der Waals surface area contributed by atoms with E-state index in [0.29, 0.717) is 0 Å². The zero-order valence-corrected chi connectivity index (χ0v) is 11.6. The Morgan fingerprint density at radius 3 is 2.61 bits per heavy atom. The topological polar surface area (TPSA) is 26.3 Å². The molecular formula is C11H9BrClF3O2. The SMILES string of the molecule is COC(=O)C(Br)Cc1cc(C(F)(F)F)ccc1Cl. The second-order valence-corrected chi connectivity index (χ2v) is 5.01. The first-order valence-electron chi connectivity index (χ1n) is 4.83. The number of ether oxygens (including phenoxy) is 1. The maximum atomic E-state index is 12.5. The van der Waals surface area contributed by atoms with Gasteiger partial charge in [0.15, 0.2) is 0 Å². The first-order valence-corrected chi connectivity index (χ1v) is 6.12. The third-order valence-electron chi connectivity index (χ3n) is 2.23. The van der Waals surface area contributed by atoms with Crippen LogP contribution in [0.5, 0.6) is 0 Å². The molecule has 0 spiro atoms. The van der Waals surface area contributed by atoms with Crippen LogP contribution in [0.25, 0.3) is 0 Å². The fourth-order valence-corrected chi connectivity index (χ4v) is 2.04. The van der Waals surface area contributed by atoms with Gasteiger partial charge in [-0.2, -0.15) is 13.2 Å². The van der Waals surface area contributed by atoms with Crippen molar-refractivity contribution in [2.45, 2.75) is 17.4 Å². The fraction of sp³-hybridized carbons (Fsp3) is 0.364. The lowest BCUT2D eigenvalue weighted by Crippen LogP contribution is -2.18. The van der Waals surface area contributed by atoms with Gasteiger partial charge in [0.1, 0.15) is 4.83 Å². The molecule has 1 unspecified atom stereocenters. The van der Waals surface area contributed by atoms with Crippen molar-refractivity contribution < 1.29 is 22.7 Å². The highest BCUT2D eigenvalue weighted by molar-refractivity contribution is 9.10. The van der Waals surface area contributed by atoms with Crippen molar-refractivity contribution in [3.63, 3.8) is 0 Å². The van der Waals surface area contributed by atoms with E-state index in [-0.39, 0.29) is 17.0 Å². The van der Waals surface area contributed by atoms with Gasteiger partial charge in [-0.1, -0.05) is 27.5 Å². The van der Waals surface area contributed by atoms with Crippen molar-refractivity contribution in [2.75, 3.05) is 7.11 Å². The van der Waals surface area contributed by atoms with E-state index in [1.807, 2.05) is 0 Å². The Morgan fingerprint density at radius 2 is 2.11 bits per heavy atom. The second kappa shape index (κ2) is 5.93. The van der Waals surface area contributed by atoms with Crippen LogP contribution in [0.2, 0.25) is 5.02 Å². The Hall–Kier alpha value is -0.750. The lowest BCUT2D eigenvalue weighted by Gasteiger charge is -2.12. The maximum absolute atomic E-state index is 12.5. The number of alkyl halides is 4.